The molecule has 1 atom stereocenters. The number of carbonyl (C=O) groups excluding carboxylic acids is 1. The third-order valence-electron chi connectivity index (χ3n) is 2.67. The number of fused-ring (bicyclic) bond motifs is 1. The van der Waals surface area contributed by atoms with Gasteiger partial charge in [0.2, 0.25) is 0 Å². The number of carbonyl (C=O) groups is 1. The Kier molecular flexibility index (Phi) is 3.52. The van der Waals surface area contributed by atoms with Gasteiger partial charge in [0, 0.05) is 5.56 Å². The van der Waals surface area contributed by atoms with Gasteiger partial charge in [-0.2, -0.15) is 0 Å². The number of benzene rings is 1. The van der Waals surface area contributed by atoms with Crippen molar-refractivity contribution in [3.63, 3.8) is 0 Å². The lowest BCUT2D eigenvalue weighted by Gasteiger charge is -2.21. The van der Waals surface area contributed by atoms with E-state index in [9.17, 15) is 4.79 Å². The first kappa shape index (κ1) is 11.8. The standard InChI is InChI=1S/C13H17NO3/c1-3-16-13(15)14-8-10(2)17-12-7-5-4-6-11(12)9-14/h4-7,10H,3,8-9H2,1-2H3. The van der Waals surface area contributed by atoms with Crippen LogP contribution in [0.3, 0.4) is 0 Å². The van der Waals surface area contributed by atoms with Crippen LogP contribution in [0.4, 0.5) is 4.79 Å². The molecule has 1 aromatic rings. The molecule has 0 radical (unpaired) electrons. The number of amides is 1. The first-order valence-corrected chi connectivity index (χ1v) is 5.87. The fraction of sp³-hybridized carbons (Fsp3) is 0.462. The summed E-state index contributed by atoms with van der Waals surface area (Å²) in [5.41, 5.74) is 1.02. The van der Waals surface area contributed by atoms with E-state index in [4.69, 9.17) is 9.47 Å². The van der Waals surface area contributed by atoms with E-state index in [1.54, 1.807) is 4.90 Å². The largest absolute Gasteiger partial charge is 0.489 e. The van der Waals surface area contributed by atoms with Crippen LogP contribution in [0.5, 0.6) is 5.75 Å². The topological polar surface area (TPSA) is 38.8 Å². The molecule has 0 bridgehead atoms. The molecule has 17 heavy (non-hydrogen) atoms. The highest BCUT2D eigenvalue weighted by molar-refractivity contribution is 5.68. The van der Waals surface area contributed by atoms with Crippen molar-refractivity contribution in [1.82, 2.24) is 4.90 Å². The van der Waals surface area contributed by atoms with Crippen molar-refractivity contribution >= 4 is 6.09 Å². The van der Waals surface area contributed by atoms with Gasteiger partial charge in [-0.05, 0) is 19.9 Å². The average molecular weight is 235 g/mol. The van der Waals surface area contributed by atoms with Gasteiger partial charge < -0.3 is 14.4 Å². The fourth-order valence-corrected chi connectivity index (χ4v) is 1.94. The molecule has 1 unspecified atom stereocenters. The van der Waals surface area contributed by atoms with Crippen LogP contribution in [0.1, 0.15) is 19.4 Å². The monoisotopic (exact) mass is 235 g/mol. The Bertz CT molecular complexity index is 405. The van der Waals surface area contributed by atoms with Crippen molar-refractivity contribution in [2.75, 3.05) is 13.2 Å². The molecule has 1 aromatic carbocycles. The van der Waals surface area contributed by atoms with Gasteiger partial charge in [0.15, 0.2) is 0 Å². The van der Waals surface area contributed by atoms with Crippen LogP contribution in [0.2, 0.25) is 0 Å². The molecule has 0 fully saturated rings. The molecule has 4 heteroatoms. The summed E-state index contributed by atoms with van der Waals surface area (Å²) in [7, 11) is 0. The molecule has 0 aromatic heterocycles. The summed E-state index contributed by atoms with van der Waals surface area (Å²) in [4.78, 5) is 13.4. The Balaban J connectivity index is 2.20. The molecule has 0 spiro atoms. The molecule has 0 N–H and O–H groups in total. The molecule has 0 aliphatic carbocycles. The third kappa shape index (κ3) is 2.70. The molecule has 1 amide bonds. The van der Waals surface area contributed by atoms with E-state index in [0.29, 0.717) is 19.7 Å². The second-order valence-electron chi connectivity index (χ2n) is 4.12. The molecule has 1 aliphatic rings. The summed E-state index contributed by atoms with van der Waals surface area (Å²) in [6.45, 7) is 5.25. The zero-order valence-electron chi connectivity index (χ0n) is 10.2. The van der Waals surface area contributed by atoms with Crippen LogP contribution < -0.4 is 4.74 Å². The number of hydrogen-bond donors (Lipinski definition) is 0. The molecule has 0 saturated heterocycles. The van der Waals surface area contributed by atoms with Crippen LogP contribution >= 0.6 is 0 Å². The van der Waals surface area contributed by atoms with Crippen LogP contribution in [-0.4, -0.2) is 30.2 Å². The summed E-state index contributed by atoms with van der Waals surface area (Å²) in [6, 6.07) is 7.78. The summed E-state index contributed by atoms with van der Waals surface area (Å²) in [5, 5.41) is 0. The Morgan fingerprint density at radius 1 is 1.53 bits per heavy atom. The number of para-hydroxylation sites is 1. The van der Waals surface area contributed by atoms with E-state index >= 15 is 0 Å². The van der Waals surface area contributed by atoms with Gasteiger partial charge in [-0.3, -0.25) is 0 Å². The van der Waals surface area contributed by atoms with Crippen LogP contribution in [0.15, 0.2) is 24.3 Å². The van der Waals surface area contributed by atoms with Crippen molar-refractivity contribution in [3.05, 3.63) is 29.8 Å². The molecule has 1 heterocycles. The van der Waals surface area contributed by atoms with E-state index < -0.39 is 0 Å². The quantitative estimate of drug-likeness (QED) is 0.750. The molecule has 1 aliphatic heterocycles. The first-order chi connectivity index (χ1) is 8.20. The van der Waals surface area contributed by atoms with Crippen LogP contribution in [-0.2, 0) is 11.3 Å². The Hall–Kier alpha value is -1.71. The summed E-state index contributed by atoms with van der Waals surface area (Å²) < 4.78 is 10.8. The number of hydrogen-bond acceptors (Lipinski definition) is 3. The summed E-state index contributed by atoms with van der Waals surface area (Å²) >= 11 is 0. The summed E-state index contributed by atoms with van der Waals surface area (Å²) in [6.07, 6.45) is -0.303. The normalized spacial score (nSPS) is 18.9. The summed E-state index contributed by atoms with van der Waals surface area (Å²) in [5.74, 6) is 0.854. The minimum absolute atomic E-state index is 0.0249. The van der Waals surface area contributed by atoms with Gasteiger partial charge in [-0.25, -0.2) is 4.79 Å². The van der Waals surface area contributed by atoms with Crippen LogP contribution in [0.25, 0.3) is 0 Å². The highest BCUT2D eigenvalue weighted by Crippen LogP contribution is 2.24. The fourth-order valence-electron chi connectivity index (χ4n) is 1.94. The van der Waals surface area contributed by atoms with Gasteiger partial charge >= 0.3 is 6.09 Å². The van der Waals surface area contributed by atoms with Crippen molar-refractivity contribution in [3.8, 4) is 5.75 Å². The van der Waals surface area contributed by atoms with Gasteiger partial charge in [-0.15, -0.1) is 0 Å². The van der Waals surface area contributed by atoms with E-state index in [1.165, 1.54) is 0 Å². The lowest BCUT2D eigenvalue weighted by Crippen LogP contribution is -2.36. The van der Waals surface area contributed by atoms with E-state index in [2.05, 4.69) is 0 Å². The molecular weight excluding hydrogens is 218 g/mol. The van der Waals surface area contributed by atoms with Gasteiger partial charge in [0.05, 0.1) is 19.7 Å². The lowest BCUT2D eigenvalue weighted by molar-refractivity contribution is 0.0912. The first-order valence-electron chi connectivity index (χ1n) is 5.87. The molecular formula is C13H17NO3. The predicted molar refractivity (Wildman–Crippen MR) is 64.0 cm³/mol. The second kappa shape index (κ2) is 5.08. The lowest BCUT2D eigenvalue weighted by atomic mass is 10.2. The highest BCUT2D eigenvalue weighted by Gasteiger charge is 2.24. The highest BCUT2D eigenvalue weighted by atomic mass is 16.6. The molecule has 4 nitrogen and oxygen atoms in total. The van der Waals surface area contributed by atoms with Gasteiger partial charge in [0.25, 0.3) is 0 Å². The smallest absolute Gasteiger partial charge is 0.410 e. The van der Waals surface area contributed by atoms with E-state index in [-0.39, 0.29) is 12.2 Å². The zero-order valence-corrected chi connectivity index (χ0v) is 10.2. The van der Waals surface area contributed by atoms with E-state index in [0.717, 1.165) is 11.3 Å². The van der Waals surface area contributed by atoms with Crippen molar-refractivity contribution in [2.45, 2.75) is 26.5 Å². The maximum atomic E-state index is 11.8. The molecule has 92 valence electrons. The molecule has 0 saturated carbocycles. The SMILES string of the molecule is CCOC(=O)N1Cc2ccccc2OC(C)C1. The van der Waals surface area contributed by atoms with Gasteiger partial charge in [0.1, 0.15) is 11.9 Å². The molecule has 2 rings (SSSR count). The zero-order chi connectivity index (χ0) is 12.3. The number of nitrogens with zero attached hydrogens (tertiary/aromatic N) is 1. The van der Waals surface area contributed by atoms with Crippen LogP contribution in [0, 0.1) is 0 Å². The predicted octanol–water partition coefficient (Wildman–Crippen LogP) is 2.43. The third-order valence-corrected chi connectivity index (χ3v) is 2.67. The minimum Gasteiger partial charge on any atom is -0.489 e. The minimum atomic E-state index is -0.278. The Morgan fingerprint density at radius 3 is 3.06 bits per heavy atom. The van der Waals surface area contributed by atoms with Crippen molar-refractivity contribution < 1.29 is 14.3 Å². The number of ether oxygens (including phenoxy) is 2. The maximum absolute atomic E-state index is 11.8. The Morgan fingerprint density at radius 2 is 2.29 bits per heavy atom. The van der Waals surface area contributed by atoms with Crippen molar-refractivity contribution in [2.24, 2.45) is 0 Å². The van der Waals surface area contributed by atoms with E-state index in [1.807, 2.05) is 38.1 Å². The maximum Gasteiger partial charge on any atom is 0.410 e. The van der Waals surface area contributed by atoms with Gasteiger partial charge in [-0.1, -0.05) is 18.2 Å². The van der Waals surface area contributed by atoms with Crippen molar-refractivity contribution in [1.29, 1.82) is 0 Å². The Labute approximate surface area is 101 Å². The second-order valence-corrected chi connectivity index (χ2v) is 4.12. The average Bonchev–Trinajstić information content (AvgIpc) is 2.47. The number of rotatable bonds is 1.